The van der Waals surface area contributed by atoms with E-state index in [0.717, 1.165) is 0 Å². The van der Waals surface area contributed by atoms with Gasteiger partial charge in [-0.2, -0.15) is 8.42 Å². The highest BCUT2D eigenvalue weighted by atomic mass is 32.2. The highest BCUT2D eigenvalue weighted by molar-refractivity contribution is 7.85. The molecule has 0 saturated carbocycles. The summed E-state index contributed by atoms with van der Waals surface area (Å²) in [5.74, 6) is 0. The molecule has 0 atom stereocenters. The minimum absolute atomic E-state index is 0.0495. The van der Waals surface area contributed by atoms with E-state index >= 15 is 0 Å². The van der Waals surface area contributed by atoms with Gasteiger partial charge in [0.15, 0.2) is 11.2 Å². The maximum atomic E-state index is 11.6. The van der Waals surface area contributed by atoms with Crippen LogP contribution < -0.4 is 11.2 Å². The Bertz CT molecular complexity index is 1040. The number of hydrogen-bond acceptors (Lipinski definition) is 5. The lowest BCUT2D eigenvalue weighted by molar-refractivity contribution is 0.483. The third-order valence-corrected chi connectivity index (χ3v) is 3.72. The summed E-state index contributed by atoms with van der Waals surface area (Å²) >= 11 is 0. The predicted octanol–water partition coefficient (Wildman–Crippen LogP) is -0.351. The molecular formula is C11H8N4O5S. The van der Waals surface area contributed by atoms with Gasteiger partial charge in [-0.3, -0.25) is 23.9 Å². The molecule has 0 spiro atoms. The van der Waals surface area contributed by atoms with E-state index < -0.39 is 21.4 Å². The molecular weight excluding hydrogens is 300 g/mol. The summed E-state index contributed by atoms with van der Waals surface area (Å²) < 4.78 is 32.3. The van der Waals surface area contributed by atoms with Gasteiger partial charge in [0.05, 0.1) is 4.90 Å². The standard InChI is InChI=1S/C11H8N4O5S/c16-10-8-9(13-11(17)14-10)15(5-12-8)6-1-3-7(4-2-6)21(18,19)20/h1-5H,(H,18,19,20)(H2,13,14,16,17). The summed E-state index contributed by atoms with van der Waals surface area (Å²) in [6.07, 6.45) is 1.32. The zero-order valence-corrected chi connectivity index (χ0v) is 11.1. The van der Waals surface area contributed by atoms with E-state index in [0.29, 0.717) is 5.69 Å². The fourth-order valence-electron chi connectivity index (χ4n) is 1.91. The number of hydrogen-bond donors (Lipinski definition) is 3. The Morgan fingerprint density at radius 1 is 1.10 bits per heavy atom. The quantitative estimate of drug-likeness (QED) is 0.553. The summed E-state index contributed by atoms with van der Waals surface area (Å²) in [5, 5.41) is 0. The third kappa shape index (κ3) is 2.26. The van der Waals surface area contributed by atoms with Crippen molar-refractivity contribution in [2.75, 3.05) is 0 Å². The van der Waals surface area contributed by atoms with Gasteiger partial charge >= 0.3 is 5.69 Å². The zero-order chi connectivity index (χ0) is 15.2. The van der Waals surface area contributed by atoms with Gasteiger partial charge in [0.2, 0.25) is 0 Å². The topological polar surface area (TPSA) is 138 Å². The van der Waals surface area contributed by atoms with Crippen molar-refractivity contribution < 1.29 is 13.0 Å². The van der Waals surface area contributed by atoms with Crippen LogP contribution in [0.1, 0.15) is 0 Å². The lowest BCUT2D eigenvalue weighted by Gasteiger charge is -2.04. The summed E-state index contributed by atoms with van der Waals surface area (Å²) in [7, 11) is -4.28. The van der Waals surface area contributed by atoms with Gasteiger partial charge in [0, 0.05) is 5.69 Å². The summed E-state index contributed by atoms with van der Waals surface area (Å²) in [4.78, 5) is 31.0. The first-order chi connectivity index (χ1) is 9.86. The fourth-order valence-corrected chi connectivity index (χ4v) is 2.39. The smallest absolute Gasteiger partial charge is 0.291 e. The Morgan fingerprint density at radius 3 is 2.38 bits per heavy atom. The van der Waals surface area contributed by atoms with Crippen molar-refractivity contribution in [3.8, 4) is 5.69 Å². The van der Waals surface area contributed by atoms with Crippen LogP contribution in [0.2, 0.25) is 0 Å². The van der Waals surface area contributed by atoms with Crippen LogP contribution in [-0.2, 0) is 10.1 Å². The molecule has 108 valence electrons. The van der Waals surface area contributed by atoms with Crippen molar-refractivity contribution in [2.45, 2.75) is 4.90 Å². The van der Waals surface area contributed by atoms with E-state index in [2.05, 4.69) is 15.0 Å². The Balaban J connectivity index is 2.22. The first kappa shape index (κ1) is 13.3. The predicted molar refractivity (Wildman–Crippen MR) is 72.1 cm³/mol. The number of nitrogens with zero attached hydrogens (tertiary/aromatic N) is 2. The molecule has 0 saturated heterocycles. The Hall–Kier alpha value is -2.72. The van der Waals surface area contributed by atoms with Crippen LogP contribution in [0, 0.1) is 0 Å². The van der Waals surface area contributed by atoms with Crippen LogP contribution >= 0.6 is 0 Å². The zero-order valence-electron chi connectivity index (χ0n) is 10.3. The monoisotopic (exact) mass is 308 g/mol. The largest absolute Gasteiger partial charge is 0.327 e. The first-order valence-electron chi connectivity index (χ1n) is 5.64. The third-order valence-electron chi connectivity index (χ3n) is 2.85. The van der Waals surface area contributed by atoms with Crippen LogP contribution in [0.25, 0.3) is 16.9 Å². The molecule has 0 aliphatic heterocycles. The summed E-state index contributed by atoms with van der Waals surface area (Å²) in [6, 6.07) is 5.21. The average Bonchev–Trinajstić information content (AvgIpc) is 2.82. The van der Waals surface area contributed by atoms with Crippen molar-refractivity contribution in [3.63, 3.8) is 0 Å². The molecule has 0 unspecified atom stereocenters. The van der Waals surface area contributed by atoms with Crippen molar-refractivity contribution in [1.29, 1.82) is 0 Å². The molecule has 9 nitrogen and oxygen atoms in total. The number of nitrogens with one attached hydrogen (secondary N) is 2. The highest BCUT2D eigenvalue weighted by Gasteiger charge is 2.12. The van der Waals surface area contributed by atoms with Crippen molar-refractivity contribution in [2.24, 2.45) is 0 Å². The van der Waals surface area contributed by atoms with E-state index in [1.807, 2.05) is 0 Å². The van der Waals surface area contributed by atoms with Crippen molar-refractivity contribution in [3.05, 3.63) is 51.4 Å². The molecule has 0 aliphatic carbocycles. The molecule has 3 N–H and O–H groups in total. The fraction of sp³-hybridized carbons (Fsp3) is 0. The van der Waals surface area contributed by atoms with Crippen LogP contribution in [-0.4, -0.2) is 32.5 Å². The Morgan fingerprint density at radius 2 is 1.76 bits per heavy atom. The molecule has 0 radical (unpaired) electrons. The normalized spacial score (nSPS) is 11.9. The molecule has 0 aliphatic rings. The van der Waals surface area contributed by atoms with E-state index in [-0.39, 0.29) is 16.1 Å². The number of fused-ring (bicyclic) bond motifs is 1. The lowest BCUT2D eigenvalue weighted by atomic mass is 10.3. The number of rotatable bonds is 2. The van der Waals surface area contributed by atoms with Gasteiger partial charge < -0.3 is 0 Å². The number of H-pyrrole nitrogens is 2. The maximum Gasteiger partial charge on any atom is 0.327 e. The van der Waals surface area contributed by atoms with Crippen LogP contribution in [0.3, 0.4) is 0 Å². The van der Waals surface area contributed by atoms with Gasteiger partial charge in [-0.15, -0.1) is 0 Å². The number of imidazole rings is 1. The molecule has 2 heterocycles. The van der Waals surface area contributed by atoms with Gasteiger partial charge in [0.1, 0.15) is 6.33 Å². The van der Waals surface area contributed by atoms with Crippen molar-refractivity contribution >= 4 is 21.3 Å². The summed E-state index contributed by atoms with van der Waals surface area (Å²) in [5.41, 5.74) is -0.603. The summed E-state index contributed by atoms with van der Waals surface area (Å²) in [6.45, 7) is 0. The molecule has 2 aromatic heterocycles. The maximum absolute atomic E-state index is 11.6. The van der Waals surface area contributed by atoms with E-state index in [4.69, 9.17) is 4.55 Å². The Kier molecular flexibility index (Phi) is 2.78. The molecule has 3 rings (SSSR count). The number of aromatic amines is 2. The molecule has 3 aromatic rings. The van der Waals surface area contributed by atoms with Gasteiger partial charge in [0.25, 0.3) is 15.7 Å². The number of benzene rings is 1. The van der Waals surface area contributed by atoms with Crippen LogP contribution in [0.15, 0.2) is 45.1 Å². The molecule has 0 fully saturated rings. The molecule has 21 heavy (non-hydrogen) atoms. The van der Waals surface area contributed by atoms with Gasteiger partial charge in [-0.1, -0.05) is 0 Å². The van der Waals surface area contributed by atoms with Crippen molar-refractivity contribution in [1.82, 2.24) is 19.5 Å². The van der Waals surface area contributed by atoms with Crippen LogP contribution in [0.4, 0.5) is 0 Å². The lowest BCUT2D eigenvalue weighted by Crippen LogP contribution is -2.22. The average molecular weight is 308 g/mol. The second kappa shape index (κ2) is 4.40. The minimum Gasteiger partial charge on any atom is -0.291 e. The first-order valence-corrected chi connectivity index (χ1v) is 7.08. The van der Waals surface area contributed by atoms with E-state index in [1.54, 1.807) is 0 Å². The molecule has 10 heteroatoms. The second-order valence-corrected chi connectivity index (χ2v) is 5.61. The van der Waals surface area contributed by atoms with Gasteiger partial charge in [-0.05, 0) is 24.3 Å². The van der Waals surface area contributed by atoms with E-state index in [1.165, 1.54) is 35.2 Å². The SMILES string of the molecule is O=c1[nH]c(=O)c2ncn(-c3ccc(S(=O)(=O)O)cc3)c2[nH]1. The highest BCUT2D eigenvalue weighted by Crippen LogP contribution is 2.16. The number of aromatic nitrogens is 4. The second-order valence-electron chi connectivity index (χ2n) is 4.19. The molecule has 0 amide bonds. The van der Waals surface area contributed by atoms with E-state index in [9.17, 15) is 18.0 Å². The Labute approximate surface area is 116 Å². The van der Waals surface area contributed by atoms with Crippen LogP contribution in [0.5, 0.6) is 0 Å². The molecule has 0 bridgehead atoms. The minimum atomic E-state index is -4.28. The molecule has 1 aromatic carbocycles. The van der Waals surface area contributed by atoms with Gasteiger partial charge in [-0.25, -0.2) is 9.78 Å².